The smallest absolute Gasteiger partial charge is 0.326 e. The Morgan fingerprint density at radius 1 is 1.12 bits per heavy atom. The zero-order valence-electron chi connectivity index (χ0n) is 13.5. The second-order valence-electron chi connectivity index (χ2n) is 6.48. The molecule has 130 valence electrons. The summed E-state index contributed by atoms with van der Waals surface area (Å²) in [5, 5.41) is 9.95. The summed E-state index contributed by atoms with van der Waals surface area (Å²) in [6.07, 6.45) is 5.41. The van der Waals surface area contributed by atoms with Crippen LogP contribution < -0.4 is 4.90 Å². The van der Waals surface area contributed by atoms with Gasteiger partial charge in [-0.1, -0.05) is 11.6 Å². The van der Waals surface area contributed by atoms with Gasteiger partial charge in [-0.25, -0.2) is 9.78 Å². The standard InChI is InChI=1S/C17H22ClN3O3/c18-13-4-5-15(19-11-13)20-9-6-12(7-10-20)16(22)21-8-2-1-3-14(21)17(23)24/h4-5,11-12,14H,1-3,6-10H2,(H,23,24). The van der Waals surface area contributed by atoms with Gasteiger partial charge >= 0.3 is 5.97 Å². The largest absolute Gasteiger partial charge is 0.480 e. The van der Waals surface area contributed by atoms with Gasteiger partial charge in [-0.2, -0.15) is 0 Å². The van der Waals surface area contributed by atoms with Crippen LogP contribution in [-0.2, 0) is 9.59 Å². The summed E-state index contributed by atoms with van der Waals surface area (Å²) in [5.74, 6) is -0.100. The SMILES string of the molecule is O=C(O)C1CCCCN1C(=O)C1CCN(c2ccc(Cl)cn2)CC1. The maximum atomic E-state index is 12.8. The molecule has 1 aromatic heterocycles. The van der Waals surface area contributed by atoms with Crippen LogP contribution in [0, 0.1) is 5.92 Å². The number of aromatic nitrogens is 1. The first kappa shape index (κ1) is 17.0. The molecule has 0 spiro atoms. The van der Waals surface area contributed by atoms with Crippen molar-refractivity contribution in [1.29, 1.82) is 0 Å². The molecule has 1 atom stereocenters. The van der Waals surface area contributed by atoms with Crippen LogP contribution in [0.25, 0.3) is 0 Å². The number of pyridine rings is 1. The fourth-order valence-corrected chi connectivity index (χ4v) is 3.71. The first-order valence-electron chi connectivity index (χ1n) is 8.46. The van der Waals surface area contributed by atoms with Gasteiger partial charge in [0.1, 0.15) is 11.9 Å². The van der Waals surface area contributed by atoms with Crippen molar-refractivity contribution in [2.24, 2.45) is 5.92 Å². The van der Waals surface area contributed by atoms with E-state index in [0.29, 0.717) is 18.0 Å². The molecule has 0 saturated carbocycles. The average molecular weight is 352 g/mol. The molecule has 2 fully saturated rings. The summed E-state index contributed by atoms with van der Waals surface area (Å²) < 4.78 is 0. The lowest BCUT2D eigenvalue weighted by Gasteiger charge is -2.38. The van der Waals surface area contributed by atoms with Gasteiger partial charge in [0, 0.05) is 31.7 Å². The van der Waals surface area contributed by atoms with Crippen molar-refractivity contribution in [3.63, 3.8) is 0 Å². The number of hydrogen-bond donors (Lipinski definition) is 1. The molecule has 1 unspecified atom stereocenters. The van der Waals surface area contributed by atoms with Crippen LogP contribution in [-0.4, -0.2) is 52.5 Å². The van der Waals surface area contributed by atoms with E-state index in [-0.39, 0.29) is 11.8 Å². The molecule has 2 aliphatic rings. The number of carbonyl (C=O) groups is 2. The van der Waals surface area contributed by atoms with E-state index in [1.54, 1.807) is 11.1 Å². The molecule has 6 nitrogen and oxygen atoms in total. The van der Waals surface area contributed by atoms with Crippen molar-refractivity contribution in [2.75, 3.05) is 24.5 Å². The van der Waals surface area contributed by atoms with Crippen molar-refractivity contribution in [2.45, 2.75) is 38.1 Å². The molecular weight excluding hydrogens is 330 g/mol. The Labute approximate surface area is 146 Å². The molecule has 1 amide bonds. The highest BCUT2D eigenvalue weighted by Crippen LogP contribution is 2.27. The van der Waals surface area contributed by atoms with Crippen molar-refractivity contribution in [3.8, 4) is 0 Å². The van der Waals surface area contributed by atoms with Crippen LogP contribution in [0.3, 0.4) is 0 Å². The van der Waals surface area contributed by atoms with Crippen molar-refractivity contribution < 1.29 is 14.7 Å². The quantitative estimate of drug-likeness (QED) is 0.905. The summed E-state index contributed by atoms with van der Waals surface area (Å²) in [7, 11) is 0. The molecule has 1 aromatic rings. The second-order valence-corrected chi connectivity index (χ2v) is 6.91. The Hall–Kier alpha value is -1.82. The molecule has 2 saturated heterocycles. The number of halogens is 1. The predicted molar refractivity (Wildman–Crippen MR) is 91.2 cm³/mol. The van der Waals surface area contributed by atoms with Gasteiger partial charge in [-0.15, -0.1) is 0 Å². The summed E-state index contributed by atoms with van der Waals surface area (Å²) in [6, 6.07) is 3.05. The van der Waals surface area contributed by atoms with Gasteiger partial charge in [0.05, 0.1) is 5.02 Å². The zero-order chi connectivity index (χ0) is 17.1. The number of hydrogen-bond acceptors (Lipinski definition) is 4. The number of carboxylic acids is 1. The average Bonchev–Trinajstić information content (AvgIpc) is 2.62. The fraction of sp³-hybridized carbons (Fsp3) is 0.588. The van der Waals surface area contributed by atoms with Gasteiger partial charge < -0.3 is 14.9 Å². The number of amides is 1. The first-order valence-corrected chi connectivity index (χ1v) is 8.84. The molecule has 7 heteroatoms. The Morgan fingerprint density at radius 3 is 2.50 bits per heavy atom. The summed E-state index contributed by atoms with van der Waals surface area (Å²) >= 11 is 5.86. The molecule has 0 aromatic carbocycles. The molecule has 3 heterocycles. The van der Waals surface area contributed by atoms with Gasteiger partial charge in [-0.3, -0.25) is 4.79 Å². The van der Waals surface area contributed by atoms with Crippen molar-refractivity contribution in [3.05, 3.63) is 23.4 Å². The number of piperidine rings is 2. The Balaban J connectivity index is 1.60. The van der Waals surface area contributed by atoms with Crippen LogP contribution in [0.2, 0.25) is 5.02 Å². The zero-order valence-corrected chi connectivity index (χ0v) is 14.3. The Morgan fingerprint density at radius 2 is 1.88 bits per heavy atom. The third-order valence-corrected chi connectivity index (χ3v) is 5.17. The molecule has 0 radical (unpaired) electrons. The third-order valence-electron chi connectivity index (χ3n) is 4.95. The van der Waals surface area contributed by atoms with E-state index < -0.39 is 12.0 Å². The lowest BCUT2D eigenvalue weighted by atomic mass is 9.92. The lowest BCUT2D eigenvalue weighted by molar-refractivity contribution is -0.154. The highest BCUT2D eigenvalue weighted by atomic mass is 35.5. The molecule has 24 heavy (non-hydrogen) atoms. The van der Waals surface area contributed by atoms with Gasteiger partial charge in [0.15, 0.2) is 0 Å². The Kier molecular flexibility index (Phi) is 5.23. The number of anilines is 1. The molecule has 1 N–H and O–H groups in total. The van der Waals surface area contributed by atoms with E-state index in [2.05, 4.69) is 9.88 Å². The van der Waals surface area contributed by atoms with Crippen LogP contribution in [0.1, 0.15) is 32.1 Å². The number of rotatable bonds is 3. The minimum Gasteiger partial charge on any atom is -0.480 e. The van der Waals surface area contributed by atoms with E-state index in [4.69, 9.17) is 11.6 Å². The number of aliphatic carboxylic acids is 1. The summed E-state index contributed by atoms with van der Waals surface area (Å²) in [5.41, 5.74) is 0. The normalized spacial score (nSPS) is 22.5. The van der Waals surface area contributed by atoms with E-state index in [1.165, 1.54) is 0 Å². The Bertz CT molecular complexity index is 600. The van der Waals surface area contributed by atoms with Gasteiger partial charge in [0.25, 0.3) is 0 Å². The number of carboxylic acid groups (broad SMARTS) is 1. The molecule has 0 aliphatic carbocycles. The lowest BCUT2D eigenvalue weighted by Crippen LogP contribution is -2.51. The van der Waals surface area contributed by atoms with E-state index in [9.17, 15) is 14.7 Å². The van der Waals surface area contributed by atoms with Crippen LogP contribution in [0.15, 0.2) is 18.3 Å². The molecular formula is C17H22ClN3O3. The number of carbonyl (C=O) groups excluding carboxylic acids is 1. The van der Waals surface area contributed by atoms with Gasteiger partial charge in [-0.05, 0) is 44.2 Å². The number of nitrogens with zero attached hydrogens (tertiary/aromatic N) is 3. The number of likely N-dealkylation sites (tertiary alicyclic amines) is 1. The minimum atomic E-state index is -0.883. The van der Waals surface area contributed by atoms with E-state index >= 15 is 0 Å². The van der Waals surface area contributed by atoms with Crippen molar-refractivity contribution in [1.82, 2.24) is 9.88 Å². The van der Waals surface area contributed by atoms with Crippen LogP contribution in [0.4, 0.5) is 5.82 Å². The summed E-state index contributed by atoms with van der Waals surface area (Å²) in [4.78, 5) is 32.2. The highest BCUT2D eigenvalue weighted by molar-refractivity contribution is 6.30. The second kappa shape index (κ2) is 7.38. The van der Waals surface area contributed by atoms with E-state index in [0.717, 1.165) is 44.6 Å². The maximum absolute atomic E-state index is 12.8. The first-order chi connectivity index (χ1) is 11.6. The predicted octanol–water partition coefficient (Wildman–Crippen LogP) is 2.42. The minimum absolute atomic E-state index is 0.00538. The monoisotopic (exact) mass is 351 g/mol. The topological polar surface area (TPSA) is 73.7 Å². The molecule has 0 bridgehead atoms. The molecule has 3 rings (SSSR count). The van der Waals surface area contributed by atoms with Gasteiger partial charge in [0.2, 0.25) is 5.91 Å². The maximum Gasteiger partial charge on any atom is 0.326 e. The van der Waals surface area contributed by atoms with E-state index in [1.807, 2.05) is 12.1 Å². The van der Waals surface area contributed by atoms with Crippen LogP contribution >= 0.6 is 11.6 Å². The fourth-order valence-electron chi connectivity index (χ4n) is 3.60. The van der Waals surface area contributed by atoms with Crippen LogP contribution in [0.5, 0.6) is 0 Å². The summed E-state index contributed by atoms with van der Waals surface area (Å²) in [6.45, 7) is 2.06. The third kappa shape index (κ3) is 3.64. The molecule has 2 aliphatic heterocycles. The highest BCUT2D eigenvalue weighted by Gasteiger charge is 2.36. The van der Waals surface area contributed by atoms with Crippen molar-refractivity contribution >= 4 is 29.3 Å².